The highest BCUT2D eigenvalue weighted by Gasteiger charge is 2.23. The summed E-state index contributed by atoms with van der Waals surface area (Å²) in [7, 11) is 0. The van der Waals surface area contributed by atoms with Gasteiger partial charge in [0, 0.05) is 44.1 Å². The monoisotopic (exact) mass is 351 g/mol. The fourth-order valence-electron chi connectivity index (χ4n) is 3.41. The number of thiazole rings is 1. The second-order valence-corrected chi connectivity index (χ2v) is 8.07. The Balaban J connectivity index is 1.48. The lowest BCUT2D eigenvalue weighted by molar-refractivity contribution is -0.130. The minimum absolute atomic E-state index is 0.217. The van der Waals surface area contributed by atoms with Crippen molar-refractivity contribution in [3.05, 3.63) is 16.1 Å². The van der Waals surface area contributed by atoms with Gasteiger partial charge >= 0.3 is 0 Å². The van der Waals surface area contributed by atoms with E-state index < -0.39 is 0 Å². The Bertz CT molecular complexity index is 540. The van der Waals surface area contributed by atoms with Gasteiger partial charge < -0.3 is 9.64 Å². The van der Waals surface area contributed by atoms with Gasteiger partial charge in [-0.05, 0) is 25.8 Å². The third-order valence-electron chi connectivity index (χ3n) is 4.82. The fourth-order valence-corrected chi connectivity index (χ4v) is 4.25. The molecule has 0 radical (unpaired) electrons. The number of nitrogens with zero attached hydrogens (tertiary/aromatic N) is 3. The Morgan fingerprint density at radius 2 is 2.21 bits per heavy atom. The number of aromatic nitrogens is 1. The minimum Gasteiger partial charge on any atom is -0.377 e. The molecule has 3 rings (SSSR count). The maximum Gasteiger partial charge on any atom is 0.228 e. The summed E-state index contributed by atoms with van der Waals surface area (Å²) in [6.45, 7) is 9.93. The standard InChI is InChI=1S/C18H29N3O2S/c1-14(2)18-19-15(13-24-18)11-17(22)21-7-4-6-20(8-9-21)12-16-5-3-10-23-16/h13-14,16H,3-12H2,1-2H3/t16-/m0/s1. The second kappa shape index (κ2) is 8.41. The topological polar surface area (TPSA) is 45.7 Å². The number of hydrogen-bond donors (Lipinski definition) is 0. The summed E-state index contributed by atoms with van der Waals surface area (Å²) < 4.78 is 5.74. The Hall–Kier alpha value is -0.980. The smallest absolute Gasteiger partial charge is 0.228 e. The van der Waals surface area contributed by atoms with Crippen LogP contribution in [0.3, 0.4) is 0 Å². The molecule has 6 heteroatoms. The maximum absolute atomic E-state index is 12.6. The van der Waals surface area contributed by atoms with Crippen LogP contribution < -0.4 is 0 Å². The van der Waals surface area contributed by atoms with E-state index in [1.807, 2.05) is 10.3 Å². The molecule has 1 aromatic rings. The van der Waals surface area contributed by atoms with E-state index in [-0.39, 0.29) is 5.91 Å². The molecule has 2 fully saturated rings. The molecule has 0 spiro atoms. The van der Waals surface area contributed by atoms with Gasteiger partial charge in [-0.2, -0.15) is 0 Å². The van der Waals surface area contributed by atoms with E-state index in [1.54, 1.807) is 11.3 Å². The van der Waals surface area contributed by atoms with Gasteiger partial charge in [0.2, 0.25) is 5.91 Å². The van der Waals surface area contributed by atoms with Crippen LogP contribution in [-0.4, -0.2) is 66.1 Å². The van der Waals surface area contributed by atoms with Crippen molar-refractivity contribution in [1.82, 2.24) is 14.8 Å². The summed E-state index contributed by atoms with van der Waals surface area (Å²) in [4.78, 5) is 21.7. The molecule has 134 valence electrons. The van der Waals surface area contributed by atoms with Crippen molar-refractivity contribution in [2.75, 3.05) is 39.3 Å². The van der Waals surface area contributed by atoms with E-state index in [2.05, 4.69) is 23.7 Å². The van der Waals surface area contributed by atoms with Gasteiger partial charge in [-0.3, -0.25) is 9.69 Å². The average molecular weight is 352 g/mol. The van der Waals surface area contributed by atoms with Gasteiger partial charge in [0.05, 0.1) is 23.2 Å². The lowest BCUT2D eigenvalue weighted by atomic mass is 10.2. The first kappa shape index (κ1) is 17.8. The zero-order valence-electron chi connectivity index (χ0n) is 14.9. The largest absolute Gasteiger partial charge is 0.377 e. The summed E-state index contributed by atoms with van der Waals surface area (Å²) in [6.07, 6.45) is 4.26. The second-order valence-electron chi connectivity index (χ2n) is 7.18. The van der Waals surface area contributed by atoms with Crippen LogP contribution in [0.4, 0.5) is 0 Å². The van der Waals surface area contributed by atoms with Crippen molar-refractivity contribution in [3.8, 4) is 0 Å². The van der Waals surface area contributed by atoms with Crippen LogP contribution in [0.25, 0.3) is 0 Å². The number of rotatable bonds is 5. The third kappa shape index (κ3) is 4.77. The average Bonchev–Trinajstić information content (AvgIpc) is 3.16. The van der Waals surface area contributed by atoms with Crippen LogP contribution in [-0.2, 0) is 16.0 Å². The van der Waals surface area contributed by atoms with E-state index in [9.17, 15) is 4.79 Å². The van der Waals surface area contributed by atoms with Gasteiger partial charge in [0.1, 0.15) is 0 Å². The van der Waals surface area contributed by atoms with Gasteiger partial charge in [-0.25, -0.2) is 4.98 Å². The number of amides is 1. The van der Waals surface area contributed by atoms with E-state index >= 15 is 0 Å². The summed E-state index contributed by atoms with van der Waals surface area (Å²) >= 11 is 1.66. The molecule has 3 heterocycles. The molecule has 0 bridgehead atoms. The predicted octanol–water partition coefficient (Wildman–Crippen LogP) is 2.52. The van der Waals surface area contributed by atoms with Gasteiger partial charge in [-0.1, -0.05) is 13.8 Å². The SMILES string of the molecule is CC(C)c1nc(CC(=O)N2CCCN(C[C@@H]3CCCO3)CC2)cs1. The van der Waals surface area contributed by atoms with Gasteiger partial charge in [-0.15, -0.1) is 11.3 Å². The molecule has 1 aromatic heterocycles. The minimum atomic E-state index is 0.217. The molecular weight excluding hydrogens is 322 g/mol. The molecule has 2 aliphatic rings. The van der Waals surface area contributed by atoms with E-state index in [4.69, 9.17) is 4.74 Å². The van der Waals surface area contributed by atoms with Crippen LogP contribution in [0.15, 0.2) is 5.38 Å². The van der Waals surface area contributed by atoms with Crippen molar-refractivity contribution < 1.29 is 9.53 Å². The molecule has 2 aliphatic heterocycles. The number of hydrogen-bond acceptors (Lipinski definition) is 5. The molecule has 24 heavy (non-hydrogen) atoms. The van der Waals surface area contributed by atoms with Gasteiger partial charge in [0.25, 0.3) is 0 Å². The highest BCUT2D eigenvalue weighted by atomic mass is 32.1. The van der Waals surface area contributed by atoms with E-state index in [0.29, 0.717) is 18.4 Å². The lowest BCUT2D eigenvalue weighted by Gasteiger charge is -2.24. The highest BCUT2D eigenvalue weighted by Crippen LogP contribution is 2.20. The van der Waals surface area contributed by atoms with Crippen molar-refractivity contribution in [3.63, 3.8) is 0 Å². The first-order valence-electron chi connectivity index (χ1n) is 9.18. The number of ether oxygens (including phenoxy) is 1. The number of carbonyl (C=O) groups excluding carboxylic acids is 1. The van der Waals surface area contributed by atoms with Crippen LogP contribution in [0.1, 0.15) is 49.7 Å². The van der Waals surface area contributed by atoms with Crippen LogP contribution in [0.5, 0.6) is 0 Å². The third-order valence-corrected chi connectivity index (χ3v) is 6.02. The van der Waals surface area contributed by atoms with Crippen LogP contribution >= 0.6 is 11.3 Å². The Labute approximate surface area is 149 Å². The summed E-state index contributed by atoms with van der Waals surface area (Å²) in [6, 6.07) is 0. The molecule has 0 aromatic carbocycles. The van der Waals surface area contributed by atoms with Gasteiger partial charge in [0.15, 0.2) is 0 Å². The van der Waals surface area contributed by atoms with E-state index in [1.165, 1.54) is 12.8 Å². The first-order chi connectivity index (χ1) is 11.6. The molecule has 2 saturated heterocycles. The molecule has 1 atom stereocenters. The van der Waals surface area contributed by atoms with Crippen LogP contribution in [0.2, 0.25) is 0 Å². The van der Waals surface area contributed by atoms with Crippen molar-refractivity contribution in [1.29, 1.82) is 0 Å². The molecule has 0 N–H and O–H groups in total. The Morgan fingerprint density at radius 3 is 2.92 bits per heavy atom. The Kier molecular flexibility index (Phi) is 6.25. The lowest BCUT2D eigenvalue weighted by Crippen LogP contribution is -2.38. The normalized spacial score (nSPS) is 23.0. The zero-order valence-corrected chi connectivity index (χ0v) is 15.7. The maximum atomic E-state index is 12.6. The fraction of sp³-hybridized carbons (Fsp3) is 0.778. The Morgan fingerprint density at radius 1 is 1.33 bits per heavy atom. The first-order valence-corrected chi connectivity index (χ1v) is 10.1. The predicted molar refractivity (Wildman–Crippen MR) is 96.5 cm³/mol. The zero-order chi connectivity index (χ0) is 16.9. The quantitative estimate of drug-likeness (QED) is 0.818. The van der Waals surface area contributed by atoms with Crippen molar-refractivity contribution in [2.24, 2.45) is 0 Å². The van der Waals surface area contributed by atoms with Crippen LogP contribution in [0, 0.1) is 0 Å². The molecule has 5 nitrogen and oxygen atoms in total. The number of carbonyl (C=O) groups is 1. The molecule has 0 unspecified atom stereocenters. The van der Waals surface area contributed by atoms with Crippen molar-refractivity contribution in [2.45, 2.75) is 51.6 Å². The highest BCUT2D eigenvalue weighted by molar-refractivity contribution is 7.09. The molecule has 0 aliphatic carbocycles. The molecule has 0 saturated carbocycles. The van der Waals surface area contributed by atoms with E-state index in [0.717, 1.165) is 56.5 Å². The molecule has 1 amide bonds. The molecular formula is C18H29N3O2S. The summed E-state index contributed by atoms with van der Waals surface area (Å²) in [5, 5.41) is 3.16. The summed E-state index contributed by atoms with van der Waals surface area (Å²) in [5.41, 5.74) is 0.925. The van der Waals surface area contributed by atoms with Crippen molar-refractivity contribution >= 4 is 17.2 Å². The summed E-state index contributed by atoms with van der Waals surface area (Å²) in [5.74, 6) is 0.651.